The molecule has 28 heavy (non-hydrogen) atoms. The van der Waals surface area contributed by atoms with Gasteiger partial charge in [0, 0.05) is 30.4 Å². The largest absolute Gasteiger partial charge is 0.376 e. The van der Waals surface area contributed by atoms with E-state index in [-0.39, 0.29) is 24.0 Å². The quantitative estimate of drug-likeness (QED) is 0.703. The zero-order valence-electron chi connectivity index (χ0n) is 16.4. The fraction of sp³-hybridized carbons (Fsp3) is 0.450. The van der Waals surface area contributed by atoms with E-state index in [2.05, 4.69) is 21.1 Å². The molecule has 1 aromatic heterocycles. The Hall–Kier alpha value is -2.87. The first-order valence-corrected chi connectivity index (χ1v) is 9.48. The van der Waals surface area contributed by atoms with E-state index in [1.165, 1.54) is 0 Å². The van der Waals surface area contributed by atoms with Crippen molar-refractivity contribution in [1.29, 1.82) is 0 Å². The minimum atomic E-state index is -0.283. The molecule has 8 heteroatoms. The van der Waals surface area contributed by atoms with Crippen LogP contribution in [0.15, 0.2) is 28.8 Å². The molecule has 0 saturated carbocycles. The molecule has 0 aliphatic carbocycles. The van der Waals surface area contributed by atoms with E-state index in [1.807, 2.05) is 13.8 Å². The summed E-state index contributed by atoms with van der Waals surface area (Å²) in [6, 6.07) is 6.63. The lowest BCUT2D eigenvalue weighted by atomic mass is 10.0. The number of hydrogen-bond donors (Lipinski definition) is 3. The Labute approximate surface area is 164 Å². The van der Waals surface area contributed by atoms with Crippen LogP contribution < -0.4 is 16.0 Å². The van der Waals surface area contributed by atoms with Crippen molar-refractivity contribution >= 4 is 23.3 Å². The molecule has 3 N–H and O–H groups in total. The lowest BCUT2D eigenvalue weighted by Crippen LogP contribution is -2.35. The molecule has 1 aromatic carbocycles. The van der Waals surface area contributed by atoms with Crippen LogP contribution in [0.4, 0.5) is 16.2 Å². The van der Waals surface area contributed by atoms with Crippen molar-refractivity contribution in [1.82, 2.24) is 10.5 Å². The molecule has 1 aliphatic heterocycles. The van der Waals surface area contributed by atoms with Crippen molar-refractivity contribution < 1.29 is 18.8 Å². The van der Waals surface area contributed by atoms with Gasteiger partial charge >= 0.3 is 6.03 Å². The second-order valence-corrected chi connectivity index (χ2v) is 7.16. The maximum absolute atomic E-state index is 12.6. The lowest BCUT2D eigenvalue weighted by Gasteiger charge is -2.12. The van der Waals surface area contributed by atoms with Gasteiger partial charge in [0.1, 0.15) is 5.56 Å². The van der Waals surface area contributed by atoms with E-state index in [1.54, 1.807) is 31.2 Å². The average molecular weight is 386 g/mol. The van der Waals surface area contributed by atoms with Crippen LogP contribution in [-0.2, 0) is 4.74 Å². The van der Waals surface area contributed by atoms with Crippen LogP contribution in [0.3, 0.4) is 0 Å². The Morgan fingerprint density at radius 1 is 1.18 bits per heavy atom. The van der Waals surface area contributed by atoms with Gasteiger partial charge in [-0.2, -0.15) is 0 Å². The highest BCUT2D eigenvalue weighted by atomic mass is 16.5. The first kappa shape index (κ1) is 19.9. The number of benzene rings is 1. The Morgan fingerprint density at radius 3 is 2.46 bits per heavy atom. The number of rotatable bonds is 6. The van der Waals surface area contributed by atoms with E-state index in [0.717, 1.165) is 19.4 Å². The molecule has 1 atom stereocenters. The number of nitrogens with zero attached hydrogens (tertiary/aromatic N) is 1. The van der Waals surface area contributed by atoms with Crippen LogP contribution in [0.1, 0.15) is 54.4 Å². The zero-order valence-corrected chi connectivity index (χ0v) is 16.4. The van der Waals surface area contributed by atoms with Gasteiger partial charge < -0.3 is 25.2 Å². The van der Waals surface area contributed by atoms with Crippen LogP contribution in [0.2, 0.25) is 0 Å². The third kappa shape index (κ3) is 4.89. The number of carbonyl (C=O) groups is 2. The van der Waals surface area contributed by atoms with Crippen molar-refractivity contribution in [3.63, 3.8) is 0 Å². The standard InChI is InChI=1S/C20H26N4O4/c1-12(2)18-17(13(3)24-28-18)19(25)22-14-6-8-15(9-7-14)23-20(26)21-11-16-5-4-10-27-16/h6-9,12,16H,4-5,10-11H2,1-3H3,(H,22,25)(H2,21,23,26). The predicted octanol–water partition coefficient (Wildman–Crippen LogP) is 3.66. The van der Waals surface area contributed by atoms with E-state index in [4.69, 9.17) is 9.26 Å². The summed E-state index contributed by atoms with van der Waals surface area (Å²) in [7, 11) is 0. The van der Waals surface area contributed by atoms with Crippen molar-refractivity contribution in [2.45, 2.75) is 45.6 Å². The van der Waals surface area contributed by atoms with Crippen LogP contribution in [0.5, 0.6) is 0 Å². The van der Waals surface area contributed by atoms with Gasteiger partial charge in [-0.25, -0.2) is 4.79 Å². The summed E-state index contributed by atoms with van der Waals surface area (Å²) in [5.41, 5.74) is 2.27. The highest BCUT2D eigenvalue weighted by Gasteiger charge is 2.22. The minimum absolute atomic E-state index is 0.0571. The average Bonchev–Trinajstić information content (AvgIpc) is 3.31. The highest BCUT2D eigenvalue weighted by molar-refractivity contribution is 6.06. The highest BCUT2D eigenvalue weighted by Crippen LogP contribution is 2.23. The molecule has 1 saturated heterocycles. The molecule has 2 aromatic rings. The zero-order chi connectivity index (χ0) is 20.1. The second kappa shape index (κ2) is 8.88. The Morgan fingerprint density at radius 2 is 1.86 bits per heavy atom. The number of carbonyl (C=O) groups excluding carboxylic acids is 2. The first-order valence-electron chi connectivity index (χ1n) is 9.48. The Bertz CT molecular complexity index is 823. The molecule has 3 amide bonds. The summed E-state index contributed by atoms with van der Waals surface area (Å²) in [5.74, 6) is 0.357. The monoisotopic (exact) mass is 386 g/mol. The number of anilines is 2. The summed E-state index contributed by atoms with van der Waals surface area (Å²) in [6.45, 7) is 6.89. The number of amides is 3. The van der Waals surface area contributed by atoms with Gasteiger partial charge in [0.25, 0.3) is 5.91 Å². The topological polar surface area (TPSA) is 105 Å². The summed E-state index contributed by atoms with van der Waals surface area (Å²) >= 11 is 0. The van der Waals surface area contributed by atoms with Gasteiger partial charge in [0.05, 0.1) is 11.8 Å². The molecule has 8 nitrogen and oxygen atoms in total. The molecule has 1 unspecified atom stereocenters. The maximum Gasteiger partial charge on any atom is 0.319 e. The number of ether oxygens (including phenoxy) is 1. The summed E-state index contributed by atoms with van der Waals surface area (Å²) < 4.78 is 10.7. The maximum atomic E-state index is 12.6. The minimum Gasteiger partial charge on any atom is -0.376 e. The van der Waals surface area contributed by atoms with E-state index < -0.39 is 0 Å². The van der Waals surface area contributed by atoms with E-state index in [0.29, 0.717) is 34.9 Å². The number of hydrogen-bond acceptors (Lipinski definition) is 5. The van der Waals surface area contributed by atoms with Gasteiger partial charge in [0.2, 0.25) is 0 Å². The molecular weight excluding hydrogens is 360 g/mol. The summed E-state index contributed by atoms with van der Waals surface area (Å²) in [5, 5.41) is 12.3. The first-order chi connectivity index (χ1) is 13.4. The van der Waals surface area contributed by atoms with Crippen LogP contribution in [0, 0.1) is 6.92 Å². The van der Waals surface area contributed by atoms with E-state index >= 15 is 0 Å². The molecule has 2 heterocycles. The summed E-state index contributed by atoms with van der Waals surface area (Å²) in [4.78, 5) is 24.6. The summed E-state index contributed by atoms with van der Waals surface area (Å²) in [6.07, 6.45) is 2.10. The molecular formula is C20H26N4O4. The lowest BCUT2D eigenvalue weighted by molar-refractivity contribution is 0.102. The molecule has 1 aliphatic rings. The fourth-order valence-corrected chi connectivity index (χ4v) is 3.08. The van der Waals surface area contributed by atoms with Crippen LogP contribution >= 0.6 is 0 Å². The van der Waals surface area contributed by atoms with Gasteiger partial charge in [-0.1, -0.05) is 19.0 Å². The fourth-order valence-electron chi connectivity index (χ4n) is 3.08. The third-order valence-corrected chi connectivity index (χ3v) is 4.56. The van der Waals surface area contributed by atoms with Crippen LogP contribution in [-0.4, -0.2) is 36.4 Å². The molecule has 150 valence electrons. The van der Waals surface area contributed by atoms with Crippen molar-refractivity contribution in [2.24, 2.45) is 0 Å². The molecule has 0 radical (unpaired) electrons. The van der Waals surface area contributed by atoms with Crippen molar-refractivity contribution in [3.8, 4) is 0 Å². The van der Waals surface area contributed by atoms with Crippen LogP contribution in [0.25, 0.3) is 0 Å². The van der Waals surface area contributed by atoms with Gasteiger partial charge in [0.15, 0.2) is 5.76 Å². The normalized spacial score (nSPS) is 16.2. The Balaban J connectivity index is 1.55. The number of nitrogens with one attached hydrogen (secondary N) is 3. The van der Waals surface area contributed by atoms with Gasteiger partial charge in [-0.3, -0.25) is 4.79 Å². The van der Waals surface area contributed by atoms with Crippen molar-refractivity contribution in [2.75, 3.05) is 23.8 Å². The SMILES string of the molecule is Cc1noc(C(C)C)c1C(=O)Nc1ccc(NC(=O)NCC2CCCO2)cc1. The smallest absolute Gasteiger partial charge is 0.319 e. The van der Waals surface area contributed by atoms with E-state index in [9.17, 15) is 9.59 Å². The number of urea groups is 1. The molecule has 0 bridgehead atoms. The molecule has 1 fully saturated rings. The third-order valence-electron chi connectivity index (χ3n) is 4.56. The molecule has 0 spiro atoms. The number of aromatic nitrogens is 1. The second-order valence-electron chi connectivity index (χ2n) is 7.16. The van der Waals surface area contributed by atoms with Gasteiger partial charge in [-0.05, 0) is 44.0 Å². The van der Waals surface area contributed by atoms with Crippen molar-refractivity contribution in [3.05, 3.63) is 41.3 Å². The van der Waals surface area contributed by atoms with Gasteiger partial charge in [-0.15, -0.1) is 0 Å². The number of aryl methyl sites for hydroxylation is 1. The Kier molecular flexibility index (Phi) is 6.30. The predicted molar refractivity (Wildman–Crippen MR) is 106 cm³/mol. The molecule has 3 rings (SSSR count).